The lowest BCUT2D eigenvalue weighted by molar-refractivity contribution is -0.320. The predicted octanol–water partition coefficient (Wildman–Crippen LogP) is 3.73. The molecule has 1 saturated carbocycles. The quantitative estimate of drug-likeness (QED) is 0.360. The fourth-order valence-corrected chi connectivity index (χ4v) is 4.68. The van der Waals surface area contributed by atoms with E-state index in [1.807, 2.05) is 6.07 Å². The third-order valence-electron chi connectivity index (χ3n) is 6.83. The van der Waals surface area contributed by atoms with Gasteiger partial charge in [-0.3, -0.25) is 9.36 Å². The van der Waals surface area contributed by atoms with E-state index < -0.39 is 35.4 Å². The lowest BCUT2D eigenvalue weighted by atomic mass is 10.0. The number of benzene rings is 1. The van der Waals surface area contributed by atoms with Crippen LogP contribution >= 0.6 is 0 Å². The summed E-state index contributed by atoms with van der Waals surface area (Å²) in [5.74, 6) is -0.950. The number of carbonyl (C=O) groups is 1. The first-order valence-electron chi connectivity index (χ1n) is 13.2. The third-order valence-corrected chi connectivity index (χ3v) is 6.83. The molecule has 1 aromatic carbocycles. The van der Waals surface area contributed by atoms with Crippen LogP contribution in [0.25, 0.3) is 0 Å². The van der Waals surface area contributed by atoms with Crippen LogP contribution in [0.4, 0.5) is 13.2 Å². The fourth-order valence-electron chi connectivity index (χ4n) is 4.68. The van der Waals surface area contributed by atoms with Gasteiger partial charge in [0.1, 0.15) is 17.0 Å². The number of alkyl halides is 3. The molecule has 0 spiro atoms. The van der Waals surface area contributed by atoms with Crippen LogP contribution in [0.1, 0.15) is 88.8 Å². The molecule has 0 unspecified atom stereocenters. The maximum Gasteiger partial charge on any atom is 0.389 e. The Morgan fingerprint density at radius 1 is 1.08 bits per heavy atom. The molecular weight excluding hydrogens is 503 g/mol. The summed E-state index contributed by atoms with van der Waals surface area (Å²) in [5.41, 5.74) is -1.44. The first kappa shape index (κ1) is 29.4. The highest BCUT2D eigenvalue weighted by molar-refractivity contribution is 5.74. The van der Waals surface area contributed by atoms with Gasteiger partial charge in [-0.1, -0.05) is 31.4 Å². The van der Waals surface area contributed by atoms with Crippen LogP contribution in [-0.4, -0.2) is 32.1 Å². The Bertz CT molecular complexity index is 1210. The molecule has 0 aliphatic heterocycles. The number of aryl methyl sites for hydroxylation is 2. The molecule has 2 aromatic rings. The molecule has 0 radical (unpaired) electrons. The zero-order chi connectivity index (χ0) is 27.9. The van der Waals surface area contributed by atoms with Gasteiger partial charge in [0.2, 0.25) is 0 Å². The highest BCUT2D eigenvalue weighted by Crippen LogP contribution is 2.31. The molecule has 1 aromatic heterocycles. The number of rotatable bonds is 13. The number of carboxylic acids is 1. The van der Waals surface area contributed by atoms with Crippen molar-refractivity contribution in [2.45, 2.75) is 109 Å². The predicted molar refractivity (Wildman–Crippen MR) is 133 cm³/mol. The SMILES string of the molecule is CC(C)(Oc1cccc(CCCCCn2nc(C3CCCC3)c(=O)n(CCCC(F)(F)F)c2=O)c1)C(=O)[O-]. The van der Waals surface area contributed by atoms with Crippen molar-refractivity contribution in [1.29, 1.82) is 0 Å². The van der Waals surface area contributed by atoms with Gasteiger partial charge in [0.25, 0.3) is 5.56 Å². The highest BCUT2D eigenvalue weighted by atomic mass is 19.4. The average molecular weight is 539 g/mol. The lowest BCUT2D eigenvalue weighted by Gasteiger charge is -2.27. The van der Waals surface area contributed by atoms with E-state index >= 15 is 0 Å². The summed E-state index contributed by atoms with van der Waals surface area (Å²) in [6.45, 7) is 2.82. The molecule has 0 saturated heterocycles. The Kier molecular flexibility index (Phi) is 9.78. The van der Waals surface area contributed by atoms with E-state index in [-0.39, 0.29) is 31.1 Å². The van der Waals surface area contributed by atoms with Gasteiger partial charge >= 0.3 is 11.9 Å². The number of hydrogen-bond donors (Lipinski definition) is 0. The first-order valence-corrected chi connectivity index (χ1v) is 13.2. The van der Waals surface area contributed by atoms with Gasteiger partial charge < -0.3 is 14.6 Å². The molecule has 0 bridgehead atoms. The highest BCUT2D eigenvalue weighted by Gasteiger charge is 2.28. The summed E-state index contributed by atoms with van der Waals surface area (Å²) in [7, 11) is 0. The summed E-state index contributed by atoms with van der Waals surface area (Å²) in [5, 5.41) is 15.6. The maximum absolute atomic E-state index is 12.9. The zero-order valence-corrected chi connectivity index (χ0v) is 21.9. The molecule has 11 heteroatoms. The molecule has 0 amide bonds. The number of ether oxygens (including phenoxy) is 1. The first-order chi connectivity index (χ1) is 17.9. The van der Waals surface area contributed by atoms with Crippen LogP contribution in [0.3, 0.4) is 0 Å². The molecule has 1 fully saturated rings. The van der Waals surface area contributed by atoms with Crippen LogP contribution in [0.15, 0.2) is 33.9 Å². The van der Waals surface area contributed by atoms with Crippen molar-refractivity contribution in [2.75, 3.05) is 0 Å². The van der Waals surface area contributed by atoms with Gasteiger partial charge in [-0.2, -0.15) is 18.3 Å². The number of aromatic nitrogens is 3. The van der Waals surface area contributed by atoms with Crippen molar-refractivity contribution in [1.82, 2.24) is 14.3 Å². The van der Waals surface area contributed by atoms with E-state index in [2.05, 4.69) is 5.10 Å². The van der Waals surface area contributed by atoms with E-state index in [0.717, 1.165) is 48.7 Å². The Morgan fingerprint density at radius 3 is 2.45 bits per heavy atom. The Labute approximate surface area is 219 Å². The molecule has 1 heterocycles. The lowest BCUT2D eigenvalue weighted by Crippen LogP contribution is -2.47. The molecule has 1 aliphatic carbocycles. The Balaban J connectivity index is 1.62. The van der Waals surface area contributed by atoms with Crippen molar-refractivity contribution in [3.05, 3.63) is 56.4 Å². The van der Waals surface area contributed by atoms with Crippen LogP contribution in [-0.2, 0) is 24.3 Å². The van der Waals surface area contributed by atoms with Gasteiger partial charge in [0.15, 0.2) is 0 Å². The third kappa shape index (κ3) is 8.19. The van der Waals surface area contributed by atoms with Crippen molar-refractivity contribution < 1.29 is 27.8 Å². The number of nitrogens with zero attached hydrogens (tertiary/aromatic N) is 3. The van der Waals surface area contributed by atoms with Gasteiger partial charge in [0.05, 0.1) is 5.97 Å². The Hall–Kier alpha value is -3.11. The number of hydrogen-bond acceptors (Lipinski definition) is 6. The second-order valence-corrected chi connectivity index (χ2v) is 10.4. The average Bonchev–Trinajstić information content (AvgIpc) is 3.36. The number of carboxylic acid groups (broad SMARTS) is 1. The van der Waals surface area contributed by atoms with E-state index in [9.17, 15) is 32.7 Å². The second-order valence-electron chi connectivity index (χ2n) is 10.4. The van der Waals surface area contributed by atoms with Crippen LogP contribution in [0.5, 0.6) is 5.75 Å². The number of halogens is 3. The second kappa shape index (κ2) is 12.6. The standard InChI is InChI=1S/C27H36F3N3O5/c1-26(2,24(35)36)38-21-14-8-11-19(18-21)10-4-3-7-17-33-25(37)32(16-9-15-27(28,29)30)23(34)22(31-33)20-12-5-6-13-20/h8,11,14,18,20H,3-7,9-10,12-13,15-17H2,1-2H3,(H,35,36)/p-1. The van der Waals surface area contributed by atoms with Crippen LogP contribution < -0.4 is 21.1 Å². The summed E-state index contributed by atoms with van der Waals surface area (Å²) < 4.78 is 45.6. The van der Waals surface area contributed by atoms with E-state index in [0.29, 0.717) is 18.6 Å². The van der Waals surface area contributed by atoms with Gasteiger partial charge in [0, 0.05) is 25.4 Å². The van der Waals surface area contributed by atoms with Gasteiger partial charge in [-0.25, -0.2) is 9.48 Å². The van der Waals surface area contributed by atoms with Crippen LogP contribution in [0.2, 0.25) is 0 Å². The monoisotopic (exact) mass is 538 g/mol. The molecule has 0 atom stereocenters. The van der Waals surface area contributed by atoms with E-state index in [4.69, 9.17) is 4.74 Å². The minimum absolute atomic E-state index is 0.0698. The topological polar surface area (TPSA) is 106 Å². The van der Waals surface area contributed by atoms with Crippen molar-refractivity contribution in [3.63, 3.8) is 0 Å². The van der Waals surface area contributed by atoms with Crippen molar-refractivity contribution >= 4 is 5.97 Å². The summed E-state index contributed by atoms with van der Waals surface area (Å²) in [6.07, 6.45) is 0.565. The zero-order valence-electron chi connectivity index (χ0n) is 21.9. The molecule has 3 rings (SSSR count). The number of aliphatic carboxylic acids is 1. The molecule has 0 N–H and O–H groups in total. The minimum Gasteiger partial charge on any atom is -0.546 e. The number of unbranched alkanes of at least 4 members (excludes halogenated alkanes) is 2. The van der Waals surface area contributed by atoms with Crippen molar-refractivity contribution in [3.8, 4) is 5.75 Å². The fraction of sp³-hybridized carbons (Fsp3) is 0.630. The summed E-state index contributed by atoms with van der Waals surface area (Å²) in [6, 6.07) is 7.15. The van der Waals surface area contributed by atoms with E-state index in [1.54, 1.807) is 18.2 Å². The van der Waals surface area contributed by atoms with Crippen LogP contribution in [0, 0.1) is 0 Å². The normalized spacial score (nSPS) is 14.7. The number of carbonyl (C=O) groups excluding carboxylic acids is 1. The van der Waals surface area contributed by atoms with Crippen molar-refractivity contribution in [2.24, 2.45) is 0 Å². The molecular formula is C27H35F3N3O5-. The molecule has 38 heavy (non-hydrogen) atoms. The summed E-state index contributed by atoms with van der Waals surface area (Å²) in [4.78, 5) is 37.0. The largest absolute Gasteiger partial charge is 0.546 e. The summed E-state index contributed by atoms with van der Waals surface area (Å²) >= 11 is 0. The molecule has 1 aliphatic rings. The Morgan fingerprint density at radius 2 is 1.79 bits per heavy atom. The maximum atomic E-state index is 12.9. The minimum atomic E-state index is -4.35. The molecule has 210 valence electrons. The smallest absolute Gasteiger partial charge is 0.389 e. The van der Waals surface area contributed by atoms with E-state index in [1.165, 1.54) is 18.5 Å². The van der Waals surface area contributed by atoms with Gasteiger partial charge in [-0.05, 0) is 70.1 Å². The molecule has 8 nitrogen and oxygen atoms in total. The van der Waals surface area contributed by atoms with Gasteiger partial charge in [-0.15, -0.1) is 0 Å².